The zero-order chi connectivity index (χ0) is 16.9. The van der Waals surface area contributed by atoms with Crippen LogP contribution in [0.4, 0.5) is 18.3 Å². The van der Waals surface area contributed by atoms with Crippen molar-refractivity contribution in [2.45, 2.75) is 12.6 Å². The van der Waals surface area contributed by atoms with Gasteiger partial charge in [0.25, 0.3) is 0 Å². The number of ether oxygens (including phenoxy) is 1. The minimum Gasteiger partial charge on any atom is -0.372 e. The van der Waals surface area contributed by atoms with E-state index in [-0.39, 0.29) is 13.0 Å². The number of benzene rings is 1. The SMILES string of the molecule is O=C(CCOCC(F)(F)F)Nc1nc(-c2ccccc2Cl)cs1. The highest BCUT2D eigenvalue weighted by atomic mass is 35.5. The van der Waals surface area contributed by atoms with Gasteiger partial charge in [0.05, 0.1) is 18.7 Å². The Morgan fingerprint density at radius 2 is 2.09 bits per heavy atom. The van der Waals surface area contributed by atoms with Gasteiger partial charge >= 0.3 is 6.18 Å². The van der Waals surface area contributed by atoms with E-state index < -0.39 is 18.7 Å². The molecule has 0 saturated heterocycles. The minimum absolute atomic E-state index is 0.183. The summed E-state index contributed by atoms with van der Waals surface area (Å²) < 4.78 is 40.0. The molecular weight excluding hydrogens is 353 g/mol. The molecule has 0 fully saturated rings. The Kier molecular flexibility index (Phi) is 5.97. The molecule has 0 atom stereocenters. The number of amides is 1. The van der Waals surface area contributed by atoms with E-state index in [1.54, 1.807) is 23.6 Å². The zero-order valence-electron chi connectivity index (χ0n) is 11.7. The molecule has 2 aromatic rings. The van der Waals surface area contributed by atoms with E-state index in [0.717, 1.165) is 5.56 Å². The molecule has 9 heteroatoms. The standard InChI is InChI=1S/C14H12ClF3N2O2S/c15-10-4-2-1-3-9(10)11-7-23-13(19-11)20-12(21)5-6-22-8-14(16,17)18/h1-4,7H,5-6,8H2,(H,19,20,21). The number of hydrogen-bond donors (Lipinski definition) is 1. The zero-order valence-corrected chi connectivity index (χ0v) is 13.3. The third-order valence-corrected chi connectivity index (χ3v) is 3.73. The second-order valence-corrected chi connectivity index (χ2v) is 5.75. The van der Waals surface area contributed by atoms with Crippen molar-refractivity contribution in [3.63, 3.8) is 0 Å². The quantitative estimate of drug-likeness (QED) is 0.774. The molecule has 1 amide bonds. The van der Waals surface area contributed by atoms with Gasteiger partial charge in [-0.1, -0.05) is 29.8 Å². The van der Waals surface area contributed by atoms with E-state index in [1.807, 2.05) is 6.07 Å². The van der Waals surface area contributed by atoms with E-state index in [1.165, 1.54) is 11.3 Å². The van der Waals surface area contributed by atoms with Crippen molar-refractivity contribution in [2.24, 2.45) is 0 Å². The second kappa shape index (κ2) is 7.76. The van der Waals surface area contributed by atoms with Crippen LogP contribution >= 0.6 is 22.9 Å². The molecule has 1 heterocycles. The number of halogens is 4. The summed E-state index contributed by atoms with van der Waals surface area (Å²) in [6.45, 7) is -1.68. The van der Waals surface area contributed by atoms with Gasteiger partial charge in [-0.3, -0.25) is 4.79 Å². The largest absolute Gasteiger partial charge is 0.411 e. The predicted octanol–water partition coefficient (Wildman–Crippen LogP) is 4.37. The molecule has 1 aromatic carbocycles. The summed E-state index contributed by atoms with van der Waals surface area (Å²) >= 11 is 7.27. The number of carbonyl (C=O) groups is 1. The highest BCUT2D eigenvalue weighted by Gasteiger charge is 2.27. The highest BCUT2D eigenvalue weighted by Crippen LogP contribution is 2.30. The topological polar surface area (TPSA) is 51.2 Å². The number of rotatable bonds is 6. The first kappa shape index (κ1) is 17.7. The predicted molar refractivity (Wildman–Crippen MR) is 82.7 cm³/mol. The van der Waals surface area contributed by atoms with Crippen LogP contribution in [0.1, 0.15) is 6.42 Å². The fourth-order valence-electron chi connectivity index (χ4n) is 1.66. The van der Waals surface area contributed by atoms with Crippen LogP contribution in [0.25, 0.3) is 11.3 Å². The lowest BCUT2D eigenvalue weighted by atomic mass is 10.2. The fourth-order valence-corrected chi connectivity index (χ4v) is 2.62. The molecule has 4 nitrogen and oxygen atoms in total. The average Bonchev–Trinajstić information content (AvgIpc) is 2.91. The van der Waals surface area contributed by atoms with E-state index in [9.17, 15) is 18.0 Å². The van der Waals surface area contributed by atoms with Crippen LogP contribution in [0.3, 0.4) is 0 Å². The molecule has 0 bridgehead atoms. The Labute approximate surface area is 139 Å². The lowest BCUT2D eigenvalue weighted by Gasteiger charge is -2.07. The van der Waals surface area contributed by atoms with Gasteiger partial charge in [-0.2, -0.15) is 13.2 Å². The number of aromatic nitrogens is 1. The number of hydrogen-bond acceptors (Lipinski definition) is 4. The summed E-state index contributed by atoms with van der Waals surface area (Å²) in [5.74, 6) is -0.466. The first-order chi connectivity index (χ1) is 10.8. The lowest BCUT2D eigenvalue weighted by Crippen LogP contribution is -2.20. The van der Waals surface area contributed by atoms with Crippen LogP contribution < -0.4 is 5.32 Å². The van der Waals surface area contributed by atoms with Crippen molar-refractivity contribution in [2.75, 3.05) is 18.5 Å². The van der Waals surface area contributed by atoms with Crippen LogP contribution in [0.15, 0.2) is 29.6 Å². The summed E-state index contributed by atoms with van der Waals surface area (Å²) in [4.78, 5) is 15.8. The first-order valence-electron chi connectivity index (χ1n) is 6.50. The first-order valence-corrected chi connectivity index (χ1v) is 7.76. The summed E-state index contributed by atoms with van der Waals surface area (Å²) in [6.07, 6.45) is -4.58. The minimum atomic E-state index is -4.39. The third-order valence-electron chi connectivity index (χ3n) is 2.64. The fraction of sp³-hybridized carbons (Fsp3) is 0.286. The number of alkyl halides is 3. The lowest BCUT2D eigenvalue weighted by molar-refractivity contribution is -0.174. The Bertz CT molecular complexity index is 676. The molecular formula is C14H12ClF3N2O2S. The van der Waals surface area contributed by atoms with Crippen LogP contribution in [0, 0.1) is 0 Å². The summed E-state index contributed by atoms with van der Waals surface area (Å²) in [5.41, 5.74) is 1.35. The summed E-state index contributed by atoms with van der Waals surface area (Å²) in [6, 6.07) is 7.14. The van der Waals surface area contributed by atoms with Crippen molar-refractivity contribution in [1.29, 1.82) is 0 Å². The number of anilines is 1. The maximum absolute atomic E-state index is 11.9. The van der Waals surface area contributed by atoms with Gasteiger partial charge in [-0.15, -0.1) is 11.3 Å². The molecule has 0 aliphatic heterocycles. The molecule has 0 spiro atoms. The van der Waals surface area contributed by atoms with E-state index >= 15 is 0 Å². The normalized spacial score (nSPS) is 11.5. The molecule has 1 aromatic heterocycles. The van der Waals surface area contributed by atoms with Crippen LogP contribution in [0.2, 0.25) is 5.02 Å². The van der Waals surface area contributed by atoms with E-state index in [4.69, 9.17) is 11.6 Å². The molecule has 0 saturated carbocycles. The molecule has 0 unspecified atom stereocenters. The van der Waals surface area contributed by atoms with Crippen molar-refractivity contribution in [3.05, 3.63) is 34.7 Å². The molecule has 124 valence electrons. The number of nitrogens with zero attached hydrogens (tertiary/aromatic N) is 1. The Hall–Kier alpha value is -1.64. The Balaban J connectivity index is 1.85. The molecule has 0 radical (unpaired) electrons. The number of carbonyl (C=O) groups excluding carboxylic acids is 1. The van der Waals surface area contributed by atoms with Gasteiger partial charge < -0.3 is 10.1 Å². The van der Waals surface area contributed by atoms with Crippen LogP contribution in [-0.2, 0) is 9.53 Å². The van der Waals surface area contributed by atoms with Gasteiger partial charge in [-0.25, -0.2) is 4.98 Å². The molecule has 0 aliphatic carbocycles. The van der Waals surface area contributed by atoms with Crippen molar-refractivity contribution < 1.29 is 22.7 Å². The van der Waals surface area contributed by atoms with Gasteiger partial charge in [0.15, 0.2) is 5.13 Å². The maximum Gasteiger partial charge on any atom is 0.411 e. The average molecular weight is 365 g/mol. The Morgan fingerprint density at radius 3 is 2.78 bits per heavy atom. The van der Waals surface area contributed by atoms with Gasteiger partial charge in [0, 0.05) is 16.0 Å². The van der Waals surface area contributed by atoms with Crippen LogP contribution in [0.5, 0.6) is 0 Å². The van der Waals surface area contributed by atoms with Crippen molar-refractivity contribution in [1.82, 2.24) is 4.98 Å². The molecule has 0 aliphatic rings. The third kappa shape index (κ3) is 5.81. The van der Waals surface area contributed by atoms with Crippen LogP contribution in [-0.4, -0.2) is 30.3 Å². The molecule has 2 rings (SSSR count). The van der Waals surface area contributed by atoms with Crippen molar-refractivity contribution >= 4 is 34.0 Å². The van der Waals surface area contributed by atoms with Gasteiger partial charge in [0.2, 0.25) is 5.91 Å². The number of nitrogens with one attached hydrogen (secondary N) is 1. The molecule has 23 heavy (non-hydrogen) atoms. The van der Waals surface area contributed by atoms with E-state index in [2.05, 4.69) is 15.0 Å². The monoisotopic (exact) mass is 364 g/mol. The second-order valence-electron chi connectivity index (χ2n) is 4.48. The van der Waals surface area contributed by atoms with Gasteiger partial charge in [-0.05, 0) is 6.07 Å². The van der Waals surface area contributed by atoms with E-state index in [0.29, 0.717) is 15.8 Å². The van der Waals surface area contributed by atoms with Gasteiger partial charge in [0.1, 0.15) is 6.61 Å². The maximum atomic E-state index is 11.9. The molecule has 1 N–H and O–H groups in total. The summed E-state index contributed by atoms with van der Waals surface area (Å²) in [7, 11) is 0. The summed E-state index contributed by atoms with van der Waals surface area (Å²) in [5, 5.41) is 5.13. The number of thiazole rings is 1. The smallest absolute Gasteiger partial charge is 0.372 e. The highest BCUT2D eigenvalue weighted by molar-refractivity contribution is 7.14. The van der Waals surface area contributed by atoms with Crippen molar-refractivity contribution in [3.8, 4) is 11.3 Å². The Morgan fingerprint density at radius 1 is 1.35 bits per heavy atom.